The first-order valence-corrected chi connectivity index (χ1v) is 9.91. The first-order valence-electron chi connectivity index (χ1n) is 9.15. The highest BCUT2D eigenvalue weighted by Crippen LogP contribution is 2.45. The molecule has 1 heterocycles. The summed E-state index contributed by atoms with van der Waals surface area (Å²) >= 11 is 12.3. The monoisotopic (exact) mass is 430 g/mol. The first kappa shape index (κ1) is 19.6. The third-order valence-corrected chi connectivity index (χ3v) is 5.87. The fourth-order valence-electron chi connectivity index (χ4n) is 4.05. The minimum absolute atomic E-state index is 0.00260. The molecule has 0 spiro atoms. The number of anilines is 1. The fourth-order valence-corrected chi connectivity index (χ4v) is 4.54. The van der Waals surface area contributed by atoms with Gasteiger partial charge in [0.05, 0.1) is 15.6 Å². The molecule has 0 aromatic heterocycles. The maximum Gasteiger partial charge on any atom is 0.269 e. The summed E-state index contributed by atoms with van der Waals surface area (Å²) in [4.78, 5) is 38.0. The summed E-state index contributed by atoms with van der Waals surface area (Å²) in [5, 5.41) is 11.7. The van der Waals surface area contributed by atoms with Crippen LogP contribution in [0.25, 0.3) is 0 Å². The number of halogens is 2. The van der Waals surface area contributed by atoms with E-state index in [1.165, 1.54) is 17.0 Å². The van der Waals surface area contributed by atoms with Crippen molar-refractivity contribution >= 4 is 46.3 Å². The standard InChI is InChI=1S/C21H16Cl2N2O4/c22-13-6-9-17(16(23)10-13)24-18-2-1-3-19(26)21(18)15(11-20(24)27)12-4-7-14(8-5-12)25(28)29/h4-10,15H,1-3,11H2. The summed E-state index contributed by atoms with van der Waals surface area (Å²) in [6.45, 7) is 0. The molecule has 4 rings (SSSR count). The van der Waals surface area contributed by atoms with Crippen LogP contribution in [0.15, 0.2) is 53.7 Å². The average Bonchev–Trinajstić information content (AvgIpc) is 2.68. The zero-order chi connectivity index (χ0) is 20.7. The zero-order valence-electron chi connectivity index (χ0n) is 15.2. The van der Waals surface area contributed by atoms with Crippen LogP contribution >= 0.6 is 23.2 Å². The van der Waals surface area contributed by atoms with Crippen molar-refractivity contribution in [1.82, 2.24) is 0 Å². The molecule has 2 aliphatic rings. The van der Waals surface area contributed by atoms with E-state index in [1.54, 1.807) is 30.3 Å². The lowest BCUT2D eigenvalue weighted by molar-refractivity contribution is -0.384. The minimum atomic E-state index is -0.476. The van der Waals surface area contributed by atoms with Gasteiger partial charge in [-0.2, -0.15) is 0 Å². The molecule has 29 heavy (non-hydrogen) atoms. The van der Waals surface area contributed by atoms with E-state index in [1.807, 2.05) is 0 Å². The normalized spacial score (nSPS) is 19.4. The van der Waals surface area contributed by atoms with Gasteiger partial charge in [-0.1, -0.05) is 35.3 Å². The molecule has 8 heteroatoms. The van der Waals surface area contributed by atoms with E-state index < -0.39 is 10.8 Å². The number of allylic oxidation sites excluding steroid dienone is 2. The van der Waals surface area contributed by atoms with Gasteiger partial charge in [-0.3, -0.25) is 24.6 Å². The fraction of sp³-hybridized carbons (Fsp3) is 0.238. The number of Topliss-reactive ketones (excluding diaryl/α,β-unsaturated/α-hetero) is 1. The molecule has 0 N–H and O–H groups in total. The highest BCUT2D eigenvalue weighted by Gasteiger charge is 2.40. The van der Waals surface area contributed by atoms with Crippen LogP contribution in [0.2, 0.25) is 10.0 Å². The Morgan fingerprint density at radius 3 is 2.41 bits per heavy atom. The third kappa shape index (κ3) is 3.54. The third-order valence-electron chi connectivity index (χ3n) is 5.33. The first-order chi connectivity index (χ1) is 13.9. The molecular formula is C21H16Cl2N2O4. The molecule has 1 aliphatic heterocycles. The summed E-state index contributed by atoms with van der Waals surface area (Å²) < 4.78 is 0. The van der Waals surface area contributed by atoms with Crippen molar-refractivity contribution in [2.45, 2.75) is 31.6 Å². The molecule has 2 aromatic carbocycles. The van der Waals surface area contributed by atoms with Crippen molar-refractivity contribution in [2.75, 3.05) is 4.90 Å². The van der Waals surface area contributed by atoms with E-state index in [-0.39, 0.29) is 23.8 Å². The molecule has 1 unspecified atom stereocenters. The van der Waals surface area contributed by atoms with Gasteiger partial charge in [-0.25, -0.2) is 0 Å². The molecule has 148 valence electrons. The smallest absolute Gasteiger partial charge is 0.269 e. The second-order valence-corrected chi connectivity index (χ2v) is 7.91. The van der Waals surface area contributed by atoms with Gasteiger partial charge in [-0.05, 0) is 36.6 Å². The number of carbonyl (C=O) groups is 2. The lowest BCUT2D eigenvalue weighted by Crippen LogP contribution is -2.40. The number of hydrogen-bond donors (Lipinski definition) is 0. The molecular weight excluding hydrogens is 415 g/mol. The molecule has 1 amide bonds. The average molecular weight is 431 g/mol. The number of nitro benzene ring substituents is 1. The Labute approximate surface area is 176 Å². The lowest BCUT2D eigenvalue weighted by atomic mass is 9.77. The second-order valence-electron chi connectivity index (χ2n) is 7.07. The Morgan fingerprint density at radius 1 is 1.03 bits per heavy atom. The van der Waals surface area contributed by atoms with Gasteiger partial charge in [-0.15, -0.1) is 0 Å². The van der Waals surface area contributed by atoms with Crippen molar-refractivity contribution in [3.8, 4) is 0 Å². The van der Waals surface area contributed by atoms with Gasteiger partial charge in [0.25, 0.3) is 5.69 Å². The van der Waals surface area contributed by atoms with Gasteiger partial charge in [0, 0.05) is 47.2 Å². The van der Waals surface area contributed by atoms with E-state index in [0.29, 0.717) is 51.8 Å². The molecule has 6 nitrogen and oxygen atoms in total. The van der Waals surface area contributed by atoms with Gasteiger partial charge >= 0.3 is 0 Å². The van der Waals surface area contributed by atoms with Crippen molar-refractivity contribution < 1.29 is 14.5 Å². The number of amides is 1. The maximum atomic E-state index is 13.1. The number of rotatable bonds is 3. The van der Waals surface area contributed by atoms with E-state index in [9.17, 15) is 19.7 Å². The Morgan fingerprint density at radius 2 is 1.76 bits per heavy atom. The highest BCUT2D eigenvalue weighted by molar-refractivity contribution is 6.37. The summed E-state index contributed by atoms with van der Waals surface area (Å²) in [5.74, 6) is -0.600. The maximum absolute atomic E-state index is 13.1. The molecule has 0 bridgehead atoms. The lowest BCUT2D eigenvalue weighted by Gasteiger charge is -2.38. The highest BCUT2D eigenvalue weighted by atomic mass is 35.5. The number of nitrogens with zero attached hydrogens (tertiary/aromatic N) is 2. The number of non-ortho nitro benzene ring substituents is 1. The van der Waals surface area contributed by atoms with Crippen LogP contribution in [0.3, 0.4) is 0 Å². The predicted octanol–water partition coefficient (Wildman–Crippen LogP) is 5.43. The van der Waals surface area contributed by atoms with Crippen LogP contribution in [0.4, 0.5) is 11.4 Å². The predicted molar refractivity (Wildman–Crippen MR) is 110 cm³/mol. The second kappa shape index (κ2) is 7.61. The van der Waals surface area contributed by atoms with Crippen LogP contribution in [-0.4, -0.2) is 16.6 Å². The summed E-state index contributed by atoms with van der Waals surface area (Å²) in [7, 11) is 0. The van der Waals surface area contributed by atoms with Crippen LogP contribution in [0.1, 0.15) is 37.2 Å². The molecule has 0 radical (unpaired) electrons. The Hall–Kier alpha value is -2.70. The van der Waals surface area contributed by atoms with Crippen LogP contribution in [0.5, 0.6) is 0 Å². The topological polar surface area (TPSA) is 80.5 Å². The summed E-state index contributed by atoms with van der Waals surface area (Å²) in [6.07, 6.45) is 1.73. The largest absolute Gasteiger partial charge is 0.294 e. The van der Waals surface area contributed by atoms with E-state index in [4.69, 9.17) is 23.2 Å². The van der Waals surface area contributed by atoms with Crippen molar-refractivity contribution in [3.05, 3.63) is 79.5 Å². The van der Waals surface area contributed by atoms with Crippen molar-refractivity contribution in [3.63, 3.8) is 0 Å². The van der Waals surface area contributed by atoms with Crippen LogP contribution < -0.4 is 4.90 Å². The quantitative estimate of drug-likeness (QED) is 0.480. The zero-order valence-corrected chi connectivity index (χ0v) is 16.7. The van der Waals surface area contributed by atoms with E-state index in [2.05, 4.69) is 0 Å². The van der Waals surface area contributed by atoms with Gasteiger partial charge in [0.15, 0.2) is 5.78 Å². The number of hydrogen-bond acceptors (Lipinski definition) is 4. The molecule has 2 aromatic rings. The number of ketones is 1. The Balaban J connectivity index is 1.83. The summed E-state index contributed by atoms with van der Waals surface area (Å²) in [6, 6.07) is 10.9. The van der Waals surface area contributed by atoms with E-state index in [0.717, 1.165) is 0 Å². The van der Waals surface area contributed by atoms with Crippen molar-refractivity contribution in [2.24, 2.45) is 0 Å². The number of benzene rings is 2. The van der Waals surface area contributed by atoms with Gasteiger partial charge < -0.3 is 0 Å². The molecule has 1 atom stereocenters. The van der Waals surface area contributed by atoms with Crippen molar-refractivity contribution in [1.29, 1.82) is 0 Å². The molecule has 1 aliphatic carbocycles. The van der Waals surface area contributed by atoms with Crippen LogP contribution in [-0.2, 0) is 9.59 Å². The Bertz CT molecular complexity index is 1060. The minimum Gasteiger partial charge on any atom is -0.294 e. The van der Waals surface area contributed by atoms with Gasteiger partial charge in [0.2, 0.25) is 5.91 Å². The van der Waals surface area contributed by atoms with E-state index >= 15 is 0 Å². The number of carbonyl (C=O) groups excluding carboxylic acids is 2. The van der Waals surface area contributed by atoms with Crippen LogP contribution in [0, 0.1) is 10.1 Å². The number of nitro groups is 1. The SMILES string of the molecule is O=C1CCCC2=C1C(c1ccc([N+](=O)[O-])cc1)CC(=O)N2c1ccc(Cl)cc1Cl. The molecule has 0 fully saturated rings. The molecule has 0 saturated carbocycles. The molecule has 0 saturated heterocycles. The summed E-state index contributed by atoms with van der Waals surface area (Å²) in [5.41, 5.74) is 2.44. The van der Waals surface area contributed by atoms with Gasteiger partial charge in [0.1, 0.15) is 0 Å². The Kier molecular flexibility index (Phi) is 5.15.